The predicted molar refractivity (Wildman–Crippen MR) is 121 cm³/mol. The Labute approximate surface area is 181 Å². The Balaban J connectivity index is 1.80. The average Bonchev–Trinajstić information content (AvgIpc) is 2.70. The van der Waals surface area contributed by atoms with E-state index in [9.17, 15) is 9.59 Å². The maximum atomic E-state index is 12.8. The zero-order valence-electron chi connectivity index (χ0n) is 17.6. The third kappa shape index (κ3) is 4.48. The molecule has 1 aromatic rings. The molecule has 1 aliphatic heterocycles. The Bertz CT molecular complexity index is 1080. The van der Waals surface area contributed by atoms with Gasteiger partial charge in [0.1, 0.15) is 5.69 Å². The van der Waals surface area contributed by atoms with Crippen LogP contribution in [0.4, 0.5) is 0 Å². The molecule has 0 saturated carbocycles. The van der Waals surface area contributed by atoms with Crippen LogP contribution in [0.5, 0.6) is 0 Å². The quantitative estimate of drug-likeness (QED) is 0.500. The van der Waals surface area contributed by atoms with Crippen LogP contribution >= 0.6 is 12.6 Å². The number of hydrogen-bond donors (Lipinski definition) is 3. The van der Waals surface area contributed by atoms with E-state index in [1.54, 1.807) is 0 Å². The molecule has 2 heterocycles. The Kier molecular flexibility index (Phi) is 6.17. The van der Waals surface area contributed by atoms with Crippen LogP contribution in [0.2, 0.25) is 0 Å². The second-order valence-corrected chi connectivity index (χ2v) is 8.45. The van der Waals surface area contributed by atoms with Gasteiger partial charge < -0.3 is 10.6 Å². The minimum absolute atomic E-state index is 0.124. The molecule has 1 aliphatic carbocycles. The zero-order chi connectivity index (χ0) is 22.1. The first kappa shape index (κ1) is 21.8. The molecular formula is C22H27N5O2S. The molecule has 8 heteroatoms. The van der Waals surface area contributed by atoms with E-state index >= 15 is 0 Å². The van der Waals surface area contributed by atoms with Gasteiger partial charge in [-0.1, -0.05) is 32.2 Å². The third-order valence-electron chi connectivity index (χ3n) is 5.32. The fourth-order valence-electron chi connectivity index (χ4n) is 3.66. The number of rotatable bonds is 5. The van der Waals surface area contributed by atoms with E-state index < -0.39 is 0 Å². The molecule has 0 aromatic carbocycles. The standard InChI is InChI=1S/C22H27N5O2S/c1-13-6-7-16-8-9-22(4,11-18(16)25-13)12-24-20(29)17-10-19(14(2)28)27(15(3)30)21(23-5)26-17/h8-10,25,30H,1,3,6-7,11-12H2,2,4-5H3,(H,24,29). The van der Waals surface area contributed by atoms with E-state index in [-0.39, 0.29) is 34.1 Å². The first-order valence-electron chi connectivity index (χ1n) is 9.74. The van der Waals surface area contributed by atoms with Crippen LogP contribution in [-0.2, 0) is 0 Å². The van der Waals surface area contributed by atoms with Crippen LogP contribution in [0.1, 0.15) is 54.1 Å². The zero-order valence-corrected chi connectivity index (χ0v) is 18.5. The fourth-order valence-corrected chi connectivity index (χ4v) is 3.86. The average molecular weight is 426 g/mol. The summed E-state index contributed by atoms with van der Waals surface area (Å²) < 4.78 is 1.42. The molecular weight excluding hydrogens is 398 g/mol. The molecule has 158 valence electrons. The van der Waals surface area contributed by atoms with Crippen molar-refractivity contribution in [2.45, 2.75) is 33.1 Å². The summed E-state index contributed by atoms with van der Waals surface area (Å²) in [5.41, 5.74) is 3.81. The van der Waals surface area contributed by atoms with E-state index in [0.717, 1.165) is 25.0 Å². The lowest BCUT2D eigenvalue weighted by atomic mass is 9.78. The summed E-state index contributed by atoms with van der Waals surface area (Å²) in [5.74, 6) is -0.605. The number of thiol groups is 1. The summed E-state index contributed by atoms with van der Waals surface area (Å²) in [5, 5.41) is 6.64. The van der Waals surface area contributed by atoms with Crippen molar-refractivity contribution < 1.29 is 9.59 Å². The summed E-state index contributed by atoms with van der Waals surface area (Å²) >= 11 is 4.22. The number of ketones is 1. The van der Waals surface area contributed by atoms with Gasteiger partial charge in [0.05, 0.1) is 10.7 Å². The Morgan fingerprint density at radius 3 is 2.80 bits per heavy atom. The second kappa shape index (κ2) is 8.47. The number of amides is 1. The molecule has 0 spiro atoms. The Morgan fingerprint density at radius 2 is 2.17 bits per heavy atom. The highest BCUT2D eigenvalue weighted by Crippen LogP contribution is 2.36. The van der Waals surface area contributed by atoms with Crippen LogP contribution in [0.3, 0.4) is 0 Å². The number of Topliss-reactive ketones (excluding diaryl/α,β-unsaturated/α-hetero) is 1. The highest BCUT2D eigenvalue weighted by Gasteiger charge is 2.30. The van der Waals surface area contributed by atoms with Crippen LogP contribution in [0.15, 0.2) is 53.3 Å². The number of carbonyl (C=O) groups is 2. The number of nitrogens with one attached hydrogen (secondary N) is 2. The molecule has 0 radical (unpaired) electrons. The van der Waals surface area contributed by atoms with E-state index in [1.165, 1.54) is 35.9 Å². The Morgan fingerprint density at radius 1 is 1.43 bits per heavy atom. The maximum Gasteiger partial charge on any atom is 0.270 e. The normalized spacial score (nSPS) is 21.2. The maximum absolute atomic E-state index is 12.8. The molecule has 2 N–H and O–H groups in total. The van der Waals surface area contributed by atoms with E-state index in [2.05, 4.69) is 65.5 Å². The van der Waals surface area contributed by atoms with Gasteiger partial charge in [0.25, 0.3) is 5.91 Å². The smallest absolute Gasteiger partial charge is 0.270 e. The van der Waals surface area contributed by atoms with Crippen molar-refractivity contribution in [3.05, 3.63) is 65.3 Å². The number of hydrogen-bond acceptors (Lipinski definition) is 6. The van der Waals surface area contributed by atoms with Crippen LogP contribution < -0.4 is 16.3 Å². The summed E-state index contributed by atoms with van der Waals surface area (Å²) in [4.78, 5) is 33.3. The van der Waals surface area contributed by atoms with E-state index in [4.69, 9.17) is 0 Å². The lowest BCUT2D eigenvalue weighted by molar-refractivity contribution is 0.0934. The van der Waals surface area contributed by atoms with Gasteiger partial charge in [-0.25, -0.2) is 4.98 Å². The van der Waals surface area contributed by atoms with Crippen molar-refractivity contribution in [3.63, 3.8) is 0 Å². The van der Waals surface area contributed by atoms with Crippen molar-refractivity contribution in [2.75, 3.05) is 13.6 Å². The van der Waals surface area contributed by atoms with E-state index in [0.29, 0.717) is 11.6 Å². The molecule has 1 unspecified atom stereocenters. The Hall–Kier alpha value is -2.87. The van der Waals surface area contributed by atoms with Crippen LogP contribution in [0.25, 0.3) is 5.03 Å². The molecule has 7 nitrogen and oxygen atoms in total. The molecule has 0 bridgehead atoms. The minimum Gasteiger partial charge on any atom is -0.363 e. The lowest BCUT2D eigenvalue weighted by Gasteiger charge is -2.35. The molecule has 1 aromatic heterocycles. The minimum atomic E-state index is -0.366. The highest BCUT2D eigenvalue weighted by molar-refractivity contribution is 7.90. The number of allylic oxidation sites excluding steroid dienone is 4. The van der Waals surface area contributed by atoms with Gasteiger partial charge in [0.15, 0.2) is 5.78 Å². The molecule has 2 aliphatic rings. The lowest BCUT2D eigenvalue weighted by Crippen LogP contribution is -2.39. The number of nitrogens with zero attached hydrogens (tertiary/aromatic N) is 3. The summed E-state index contributed by atoms with van der Waals surface area (Å²) in [6.07, 6.45) is 7.00. The van der Waals surface area contributed by atoms with Crippen molar-refractivity contribution in [2.24, 2.45) is 10.4 Å². The SMILES string of the molecule is C=C1CCC2=C(CC(C)(CNC(=O)c3cc(C(C)=O)n(C(=C)S)c(=NC)n3)C=C2)N1. The van der Waals surface area contributed by atoms with Gasteiger partial charge in [-0.05, 0) is 30.9 Å². The van der Waals surface area contributed by atoms with Gasteiger partial charge in [-0.3, -0.25) is 19.1 Å². The van der Waals surface area contributed by atoms with Gasteiger partial charge in [0, 0.05) is 37.3 Å². The van der Waals surface area contributed by atoms with Crippen molar-refractivity contribution in [3.8, 4) is 0 Å². The monoisotopic (exact) mass is 425 g/mol. The van der Waals surface area contributed by atoms with Gasteiger partial charge >= 0.3 is 0 Å². The molecule has 0 fully saturated rings. The molecule has 3 rings (SSSR count). The summed E-state index contributed by atoms with van der Waals surface area (Å²) in [6, 6.07) is 1.44. The fraction of sp³-hybridized carbons (Fsp3) is 0.364. The summed E-state index contributed by atoms with van der Waals surface area (Å²) in [6.45, 7) is 11.7. The first-order valence-corrected chi connectivity index (χ1v) is 10.2. The largest absolute Gasteiger partial charge is 0.363 e. The van der Waals surface area contributed by atoms with Crippen molar-refractivity contribution in [1.82, 2.24) is 20.2 Å². The second-order valence-electron chi connectivity index (χ2n) is 7.94. The van der Waals surface area contributed by atoms with Gasteiger partial charge in [-0.2, -0.15) is 0 Å². The topological polar surface area (TPSA) is 88.4 Å². The van der Waals surface area contributed by atoms with Gasteiger partial charge in [0.2, 0.25) is 5.62 Å². The van der Waals surface area contributed by atoms with Crippen molar-refractivity contribution >= 4 is 29.3 Å². The molecule has 1 amide bonds. The number of aromatic nitrogens is 2. The first-order chi connectivity index (χ1) is 14.1. The molecule has 1 atom stereocenters. The van der Waals surface area contributed by atoms with Crippen molar-refractivity contribution in [1.29, 1.82) is 0 Å². The van der Waals surface area contributed by atoms with Crippen LogP contribution in [0, 0.1) is 5.41 Å². The number of carbonyl (C=O) groups excluding carboxylic acids is 2. The third-order valence-corrected chi connectivity index (χ3v) is 5.52. The molecule has 30 heavy (non-hydrogen) atoms. The summed E-state index contributed by atoms with van der Waals surface area (Å²) in [7, 11) is 1.53. The van der Waals surface area contributed by atoms with Gasteiger partial charge in [-0.15, -0.1) is 12.6 Å². The van der Waals surface area contributed by atoms with E-state index in [1.807, 2.05) is 0 Å². The predicted octanol–water partition coefficient (Wildman–Crippen LogP) is 2.82. The highest BCUT2D eigenvalue weighted by atomic mass is 32.1. The molecule has 0 saturated heterocycles. The van der Waals surface area contributed by atoms with Crippen LogP contribution in [-0.4, -0.2) is 34.8 Å².